The number of aliphatic carboxylic acids is 1. The molecule has 0 aromatic heterocycles. The van der Waals surface area contributed by atoms with E-state index in [1.807, 2.05) is 26.0 Å². The number of carboxylic acid groups (broad SMARTS) is 1. The number of aryl methyl sites for hydroxylation is 1. The highest BCUT2D eigenvalue weighted by molar-refractivity contribution is 6.30. The summed E-state index contributed by atoms with van der Waals surface area (Å²) in [6.07, 6.45) is -0.599. The first-order valence-electron chi connectivity index (χ1n) is 11.2. The van der Waals surface area contributed by atoms with Crippen molar-refractivity contribution in [2.75, 3.05) is 0 Å². The van der Waals surface area contributed by atoms with Crippen LogP contribution in [0, 0.1) is 17.2 Å². The predicted molar refractivity (Wildman–Crippen MR) is 132 cm³/mol. The molecule has 7 heteroatoms. The molecule has 180 valence electrons. The monoisotopic (exact) mass is 491 g/mol. The number of hydrogen-bond donors (Lipinski definition) is 1. The Bertz CT molecular complexity index is 1200. The molecule has 0 heterocycles. The average Bonchev–Trinajstić information content (AvgIpc) is 2.83. The smallest absolute Gasteiger partial charge is 0.315 e. The van der Waals surface area contributed by atoms with Crippen LogP contribution in [-0.2, 0) is 20.7 Å². The third-order valence-electron chi connectivity index (χ3n) is 5.45. The first kappa shape index (κ1) is 25.8. The van der Waals surface area contributed by atoms with Crippen molar-refractivity contribution in [1.29, 1.82) is 5.26 Å². The SMILES string of the molecule is CC(C)[C@H](C(=O)O[C@H](C#N)c1cccc(Oc2ccc(CCC(=O)O)cc2)c1)c1ccc(Cl)cc1. The molecule has 0 fully saturated rings. The van der Waals surface area contributed by atoms with Crippen LogP contribution >= 0.6 is 11.6 Å². The Kier molecular flexibility index (Phi) is 8.88. The van der Waals surface area contributed by atoms with E-state index < -0.39 is 24.0 Å². The number of hydrogen-bond acceptors (Lipinski definition) is 5. The van der Waals surface area contributed by atoms with Gasteiger partial charge in [0.25, 0.3) is 0 Å². The van der Waals surface area contributed by atoms with Crippen molar-refractivity contribution in [3.63, 3.8) is 0 Å². The van der Waals surface area contributed by atoms with Gasteiger partial charge in [0.15, 0.2) is 0 Å². The molecule has 3 rings (SSSR count). The van der Waals surface area contributed by atoms with E-state index >= 15 is 0 Å². The molecule has 0 saturated carbocycles. The molecule has 3 aromatic rings. The lowest BCUT2D eigenvalue weighted by Gasteiger charge is -2.22. The fourth-order valence-corrected chi connectivity index (χ4v) is 3.80. The molecule has 0 bridgehead atoms. The van der Waals surface area contributed by atoms with Gasteiger partial charge in [-0.25, -0.2) is 0 Å². The van der Waals surface area contributed by atoms with E-state index in [0.717, 1.165) is 11.1 Å². The van der Waals surface area contributed by atoms with Crippen molar-refractivity contribution >= 4 is 23.5 Å². The van der Waals surface area contributed by atoms with Crippen molar-refractivity contribution in [2.45, 2.75) is 38.7 Å². The molecular formula is C28H26ClNO5. The highest BCUT2D eigenvalue weighted by Gasteiger charge is 2.29. The summed E-state index contributed by atoms with van der Waals surface area (Å²) in [5.74, 6) is -0.872. The molecule has 0 aliphatic rings. The topological polar surface area (TPSA) is 96.6 Å². The van der Waals surface area contributed by atoms with E-state index in [1.165, 1.54) is 0 Å². The summed E-state index contributed by atoms with van der Waals surface area (Å²) in [7, 11) is 0. The molecule has 0 aliphatic carbocycles. The zero-order chi connectivity index (χ0) is 25.4. The van der Waals surface area contributed by atoms with Crippen LogP contribution in [0.15, 0.2) is 72.8 Å². The Hall–Kier alpha value is -3.82. The molecule has 0 aliphatic heterocycles. The number of esters is 1. The van der Waals surface area contributed by atoms with Gasteiger partial charge in [0.05, 0.1) is 5.92 Å². The minimum atomic E-state index is -1.10. The molecule has 0 radical (unpaired) electrons. The number of ether oxygens (including phenoxy) is 2. The van der Waals surface area contributed by atoms with Crippen LogP contribution in [0.25, 0.3) is 0 Å². The van der Waals surface area contributed by atoms with Crippen molar-refractivity contribution in [3.05, 3.63) is 94.5 Å². The summed E-state index contributed by atoms with van der Waals surface area (Å²) in [6, 6.07) is 23.0. The average molecular weight is 492 g/mol. The zero-order valence-electron chi connectivity index (χ0n) is 19.5. The van der Waals surface area contributed by atoms with Crippen LogP contribution in [0.2, 0.25) is 5.02 Å². The van der Waals surface area contributed by atoms with Crippen molar-refractivity contribution in [2.24, 2.45) is 5.92 Å². The molecule has 2 atom stereocenters. The van der Waals surface area contributed by atoms with Crippen LogP contribution in [0.5, 0.6) is 11.5 Å². The van der Waals surface area contributed by atoms with Gasteiger partial charge in [-0.15, -0.1) is 0 Å². The van der Waals surface area contributed by atoms with Gasteiger partial charge in [0.1, 0.15) is 17.6 Å². The fraction of sp³-hybridized carbons (Fsp3) is 0.250. The summed E-state index contributed by atoms with van der Waals surface area (Å²) < 4.78 is 11.5. The van der Waals surface area contributed by atoms with Crippen molar-refractivity contribution < 1.29 is 24.2 Å². The third kappa shape index (κ3) is 7.33. The number of halogens is 1. The maximum atomic E-state index is 13.0. The third-order valence-corrected chi connectivity index (χ3v) is 5.70. The Morgan fingerprint density at radius 1 is 0.971 bits per heavy atom. The minimum absolute atomic E-state index is 0.0452. The molecule has 0 amide bonds. The number of carbonyl (C=O) groups is 2. The van der Waals surface area contributed by atoms with Crippen LogP contribution in [0.3, 0.4) is 0 Å². The first-order chi connectivity index (χ1) is 16.8. The second kappa shape index (κ2) is 12.0. The zero-order valence-corrected chi connectivity index (χ0v) is 20.2. The molecular weight excluding hydrogens is 466 g/mol. The fourth-order valence-electron chi connectivity index (χ4n) is 3.67. The first-order valence-corrected chi connectivity index (χ1v) is 11.6. The van der Waals surface area contributed by atoms with E-state index in [2.05, 4.69) is 6.07 Å². The predicted octanol–water partition coefficient (Wildman–Crippen LogP) is 6.70. The lowest BCUT2D eigenvalue weighted by atomic mass is 9.88. The van der Waals surface area contributed by atoms with E-state index in [-0.39, 0.29) is 12.3 Å². The van der Waals surface area contributed by atoms with E-state index in [9.17, 15) is 14.9 Å². The highest BCUT2D eigenvalue weighted by Crippen LogP contribution is 2.31. The second-order valence-electron chi connectivity index (χ2n) is 8.43. The van der Waals surface area contributed by atoms with Gasteiger partial charge in [-0.2, -0.15) is 5.26 Å². The molecule has 35 heavy (non-hydrogen) atoms. The number of carboxylic acids is 1. The molecule has 1 N–H and O–H groups in total. The van der Waals surface area contributed by atoms with Crippen LogP contribution < -0.4 is 4.74 Å². The normalized spacial score (nSPS) is 12.4. The Labute approximate surface area is 209 Å². The largest absolute Gasteiger partial charge is 0.481 e. The molecule has 3 aromatic carbocycles. The summed E-state index contributed by atoms with van der Waals surface area (Å²) in [6.45, 7) is 3.84. The van der Waals surface area contributed by atoms with Gasteiger partial charge in [0.2, 0.25) is 6.10 Å². The number of nitriles is 1. The van der Waals surface area contributed by atoms with Crippen molar-refractivity contribution in [3.8, 4) is 17.6 Å². The standard InChI is InChI=1S/C28H26ClNO5/c1-18(2)27(20-9-11-22(29)12-10-20)28(33)35-25(17-30)21-4-3-5-24(16-21)34-23-13-6-19(7-14-23)8-15-26(31)32/h3-7,9-14,16,18,25,27H,8,15H2,1-2H3,(H,31,32)/t25-,27+/m1/s1. The summed E-state index contributed by atoms with van der Waals surface area (Å²) in [5, 5.41) is 19.1. The van der Waals surface area contributed by atoms with Gasteiger partial charge in [0, 0.05) is 17.0 Å². The lowest BCUT2D eigenvalue weighted by molar-refractivity contribution is -0.150. The highest BCUT2D eigenvalue weighted by atomic mass is 35.5. The quantitative estimate of drug-likeness (QED) is 0.317. The van der Waals surface area contributed by atoms with E-state index in [4.69, 9.17) is 26.2 Å². The lowest BCUT2D eigenvalue weighted by Crippen LogP contribution is -2.22. The van der Waals surface area contributed by atoms with Gasteiger partial charge in [-0.1, -0.05) is 61.8 Å². The summed E-state index contributed by atoms with van der Waals surface area (Å²) in [4.78, 5) is 23.8. The van der Waals surface area contributed by atoms with Crippen molar-refractivity contribution in [1.82, 2.24) is 0 Å². The number of carbonyl (C=O) groups excluding carboxylic acids is 1. The summed E-state index contributed by atoms with van der Waals surface area (Å²) >= 11 is 5.98. The maximum Gasteiger partial charge on any atom is 0.315 e. The minimum Gasteiger partial charge on any atom is -0.481 e. The molecule has 6 nitrogen and oxygen atoms in total. The van der Waals surface area contributed by atoms with Gasteiger partial charge < -0.3 is 14.6 Å². The molecule has 0 unspecified atom stereocenters. The Balaban J connectivity index is 1.72. The Morgan fingerprint density at radius 3 is 2.26 bits per heavy atom. The van der Waals surface area contributed by atoms with Gasteiger partial charge >= 0.3 is 11.9 Å². The van der Waals surface area contributed by atoms with E-state index in [0.29, 0.717) is 28.5 Å². The second-order valence-corrected chi connectivity index (χ2v) is 8.87. The van der Waals surface area contributed by atoms with E-state index in [1.54, 1.807) is 60.7 Å². The maximum absolute atomic E-state index is 13.0. The van der Waals surface area contributed by atoms with Crippen LogP contribution in [0.1, 0.15) is 49.0 Å². The summed E-state index contributed by atoms with van der Waals surface area (Å²) in [5.41, 5.74) is 2.16. The molecule has 0 spiro atoms. The number of nitrogens with zero attached hydrogens (tertiary/aromatic N) is 1. The van der Waals surface area contributed by atoms with Gasteiger partial charge in [-0.05, 0) is 59.9 Å². The van der Waals surface area contributed by atoms with Crippen LogP contribution in [0.4, 0.5) is 0 Å². The van der Waals surface area contributed by atoms with Crippen LogP contribution in [-0.4, -0.2) is 17.0 Å². The number of rotatable bonds is 10. The Morgan fingerprint density at radius 2 is 1.66 bits per heavy atom. The molecule has 0 saturated heterocycles. The van der Waals surface area contributed by atoms with Gasteiger partial charge in [-0.3, -0.25) is 9.59 Å². The number of benzene rings is 3.